The summed E-state index contributed by atoms with van der Waals surface area (Å²) in [5.41, 5.74) is 1.74. The molecule has 0 fully saturated rings. The molecule has 0 spiro atoms. The van der Waals surface area contributed by atoms with E-state index < -0.39 is 0 Å². The number of alkyl halides is 1. The van der Waals surface area contributed by atoms with Crippen LogP contribution in [0.1, 0.15) is 11.1 Å². The fourth-order valence-corrected chi connectivity index (χ4v) is 2.34. The van der Waals surface area contributed by atoms with Crippen LogP contribution < -0.4 is 4.74 Å². The molecule has 0 unspecified atom stereocenters. The summed E-state index contributed by atoms with van der Waals surface area (Å²) in [6.07, 6.45) is 3.45. The number of rotatable bonds is 4. The van der Waals surface area contributed by atoms with Crippen molar-refractivity contribution in [2.24, 2.45) is 0 Å². The van der Waals surface area contributed by atoms with Crippen LogP contribution in [-0.2, 0) is 11.9 Å². The van der Waals surface area contributed by atoms with E-state index in [0.717, 1.165) is 15.6 Å². The molecule has 0 aliphatic heterocycles. The van der Waals surface area contributed by atoms with E-state index in [0.29, 0.717) is 17.7 Å². The molecule has 0 N–H and O–H groups in total. The predicted octanol–water partition coefficient (Wildman–Crippen LogP) is 4.46. The lowest BCUT2D eigenvalue weighted by Crippen LogP contribution is -1.99. The lowest BCUT2D eigenvalue weighted by atomic mass is 10.2. The van der Waals surface area contributed by atoms with Crippen LogP contribution >= 0.6 is 31.9 Å². The highest BCUT2D eigenvalue weighted by atomic mass is 79.9. The van der Waals surface area contributed by atoms with Gasteiger partial charge in [-0.3, -0.25) is 4.98 Å². The molecule has 1 aromatic carbocycles. The summed E-state index contributed by atoms with van der Waals surface area (Å²) in [7, 11) is 0. The quantitative estimate of drug-likeness (QED) is 0.737. The van der Waals surface area contributed by atoms with E-state index in [1.54, 1.807) is 18.5 Å². The molecular weight excluding hydrogens is 365 g/mol. The average molecular weight is 375 g/mol. The molecule has 0 bridgehead atoms. The van der Waals surface area contributed by atoms with Gasteiger partial charge in [0, 0.05) is 33.3 Å². The Labute approximate surface area is 121 Å². The van der Waals surface area contributed by atoms with Crippen LogP contribution in [0.5, 0.6) is 5.75 Å². The highest BCUT2D eigenvalue weighted by Gasteiger charge is 2.05. The standard InChI is InChI=1S/C13H10Br2FNO/c14-5-10-4-12(16)1-2-13(10)18-8-9-3-11(15)7-17-6-9/h1-4,6-7H,5,8H2. The summed E-state index contributed by atoms with van der Waals surface area (Å²) < 4.78 is 19.6. The molecule has 2 rings (SSSR count). The lowest BCUT2D eigenvalue weighted by Gasteiger charge is -2.10. The Hall–Kier alpha value is -0.940. The van der Waals surface area contributed by atoms with Gasteiger partial charge in [0.2, 0.25) is 0 Å². The van der Waals surface area contributed by atoms with Gasteiger partial charge in [-0.2, -0.15) is 0 Å². The second-order valence-corrected chi connectivity index (χ2v) is 5.16. The summed E-state index contributed by atoms with van der Waals surface area (Å²) in [6.45, 7) is 0.401. The van der Waals surface area contributed by atoms with Gasteiger partial charge in [-0.05, 0) is 40.2 Å². The summed E-state index contributed by atoms with van der Waals surface area (Å²) in [5.74, 6) is 0.411. The van der Waals surface area contributed by atoms with Crippen LogP contribution in [0.3, 0.4) is 0 Å². The molecular formula is C13H10Br2FNO. The molecule has 94 valence electrons. The van der Waals surface area contributed by atoms with Crippen LogP contribution in [-0.4, -0.2) is 4.98 Å². The molecule has 0 saturated carbocycles. The van der Waals surface area contributed by atoms with Crippen LogP contribution in [0.4, 0.5) is 4.39 Å². The lowest BCUT2D eigenvalue weighted by molar-refractivity contribution is 0.303. The number of hydrogen-bond acceptors (Lipinski definition) is 2. The van der Waals surface area contributed by atoms with Gasteiger partial charge in [0.15, 0.2) is 0 Å². The zero-order valence-corrected chi connectivity index (χ0v) is 12.5. The molecule has 2 aromatic rings. The molecule has 18 heavy (non-hydrogen) atoms. The smallest absolute Gasteiger partial charge is 0.124 e. The Kier molecular flexibility index (Phi) is 4.72. The molecule has 0 aliphatic carbocycles. The molecule has 0 saturated heterocycles. The van der Waals surface area contributed by atoms with Crippen LogP contribution in [0.25, 0.3) is 0 Å². The number of ether oxygens (including phenoxy) is 1. The van der Waals surface area contributed by atoms with Crippen molar-refractivity contribution in [2.75, 3.05) is 0 Å². The largest absolute Gasteiger partial charge is 0.489 e. The zero-order valence-electron chi connectivity index (χ0n) is 9.37. The number of pyridine rings is 1. The van der Waals surface area contributed by atoms with Gasteiger partial charge in [-0.25, -0.2) is 4.39 Å². The highest BCUT2D eigenvalue weighted by Crippen LogP contribution is 2.23. The third-order valence-electron chi connectivity index (χ3n) is 2.32. The molecule has 2 nitrogen and oxygen atoms in total. The van der Waals surface area contributed by atoms with E-state index in [4.69, 9.17) is 4.74 Å². The SMILES string of the molecule is Fc1ccc(OCc2cncc(Br)c2)c(CBr)c1. The Balaban J connectivity index is 2.10. The molecule has 0 atom stereocenters. The van der Waals surface area contributed by atoms with E-state index in [2.05, 4.69) is 36.8 Å². The summed E-state index contributed by atoms with van der Waals surface area (Å²) in [5, 5.41) is 0.552. The van der Waals surface area contributed by atoms with Crippen molar-refractivity contribution >= 4 is 31.9 Å². The topological polar surface area (TPSA) is 22.1 Å². The fourth-order valence-electron chi connectivity index (χ4n) is 1.49. The number of hydrogen-bond donors (Lipinski definition) is 0. The zero-order chi connectivity index (χ0) is 13.0. The molecule has 0 radical (unpaired) electrons. The van der Waals surface area contributed by atoms with Crippen molar-refractivity contribution in [1.82, 2.24) is 4.98 Å². The van der Waals surface area contributed by atoms with Crippen LogP contribution in [0, 0.1) is 5.82 Å². The number of aromatic nitrogens is 1. The predicted molar refractivity (Wildman–Crippen MR) is 75.3 cm³/mol. The van der Waals surface area contributed by atoms with E-state index in [-0.39, 0.29) is 5.82 Å². The summed E-state index contributed by atoms with van der Waals surface area (Å²) in [4.78, 5) is 4.06. The second kappa shape index (κ2) is 6.29. The third-order valence-corrected chi connectivity index (χ3v) is 3.36. The normalized spacial score (nSPS) is 10.4. The fraction of sp³-hybridized carbons (Fsp3) is 0.154. The first-order chi connectivity index (χ1) is 8.69. The molecule has 0 amide bonds. The van der Waals surface area contributed by atoms with Gasteiger partial charge >= 0.3 is 0 Å². The number of benzene rings is 1. The first-order valence-electron chi connectivity index (χ1n) is 5.25. The average Bonchev–Trinajstić information content (AvgIpc) is 2.37. The maximum Gasteiger partial charge on any atom is 0.124 e. The minimum Gasteiger partial charge on any atom is -0.489 e. The van der Waals surface area contributed by atoms with E-state index in [9.17, 15) is 4.39 Å². The van der Waals surface area contributed by atoms with Crippen molar-refractivity contribution in [3.8, 4) is 5.75 Å². The first-order valence-corrected chi connectivity index (χ1v) is 7.17. The van der Waals surface area contributed by atoms with Crippen molar-refractivity contribution in [2.45, 2.75) is 11.9 Å². The van der Waals surface area contributed by atoms with Gasteiger partial charge in [0.05, 0.1) is 0 Å². The van der Waals surface area contributed by atoms with E-state index in [1.165, 1.54) is 12.1 Å². The third kappa shape index (κ3) is 3.53. The van der Waals surface area contributed by atoms with Gasteiger partial charge in [0.25, 0.3) is 0 Å². The maximum absolute atomic E-state index is 13.1. The van der Waals surface area contributed by atoms with E-state index >= 15 is 0 Å². The molecule has 0 aliphatic rings. The van der Waals surface area contributed by atoms with Crippen molar-refractivity contribution in [3.05, 3.63) is 58.1 Å². The Bertz CT molecular complexity index is 548. The van der Waals surface area contributed by atoms with Crippen LogP contribution in [0.2, 0.25) is 0 Å². The summed E-state index contributed by atoms with van der Waals surface area (Å²) in [6, 6.07) is 6.42. The Morgan fingerprint density at radius 2 is 2.06 bits per heavy atom. The van der Waals surface area contributed by atoms with Crippen molar-refractivity contribution in [3.63, 3.8) is 0 Å². The minimum absolute atomic E-state index is 0.263. The molecule has 1 heterocycles. The molecule has 5 heteroatoms. The monoisotopic (exact) mass is 373 g/mol. The minimum atomic E-state index is -0.263. The van der Waals surface area contributed by atoms with Crippen molar-refractivity contribution in [1.29, 1.82) is 0 Å². The van der Waals surface area contributed by atoms with Gasteiger partial charge in [0.1, 0.15) is 18.2 Å². The highest BCUT2D eigenvalue weighted by molar-refractivity contribution is 9.10. The number of nitrogens with zero attached hydrogens (tertiary/aromatic N) is 1. The first kappa shape index (κ1) is 13.5. The number of halogens is 3. The van der Waals surface area contributed by atoms with Crippen LogP contribution in [0.15, 0.2) is 41.1 Å². The Morgan fingerprint density at radius 1 is 1.22 bits per heavy atom. The van der Waals surface area contributed by atoms with Crippen molar-refractivity contribution < 1.29 is 9.13 Å². The second-order valence-electron chi connectivity index (χ2n) is 3.69. The van der Waals surface area contributed by atoms with Gasteiger partial charge < -0.3 is 4.74 Å². The summed E-state index contributed by atoms with van der Waals surface area (Å²) >= 11 is 6.66. The van der Waals surface area contributed by atoms with E-state index in [1.807, 2.05) is 6.07 Å². The maximum atomic E-state index is 13.1. The molecule has 1 aromatic heterocycles. The Morgan fingerprint density at radius 3 is 2.78 bits per heavy atom. The van der Waals surface area contributed by atoms with Gasteiger partial charge in [-0.1, -0.05) is 15.9 Å². The van der Waals surface area contributed by atoms with Gasteiger partial charge in [-0.15, -0.1) is 0 Å².